The fourth-order valence-electron chi connectivity index (χ4n) is 1.94. The lowest BCUT2D eigenvalue weighted by Crippen LogP contribution is -2.36. The summed E-state index contributed by atoms with van der Waals surface area (Å²) >= 11 is 0. The quantitative estimate of drug-likeness (QED) is 0.572. The van der Waals surface area contributed by atoms with Gasteiger partial charge < -0.3 is 0 Å². The Morgan fingerprint density at radius 2 is 1.72 bits per heavy atom. The van der Waals surface area contributed by atoms with Crippen molar-refractivity contribution in [2.75, 3.05) is 5.88 Å². The van der Waals surface area contributed by atoms with E-state index in [2.05, 4.69) is 11.3 Å². The number of rotatable bonds is 5. The van der Waals surface area contributed by atoms with Gasteiger partial charge in [0.25, 0.3) is 6.08 Å². The predicted octanol–water partition coefficient (Wildman–Crippen LogP) is 0.108. The van der Waals surface area contributed by atoms with Crippen molar-refractivity contribution in [1.82, 2.24) is 4.72 Å². The Bertz CT molecular complexity index is 525. The van der Waals surface area contributed by atoms with Crippen LogP contribution < -0.4 is 4.72 Å². The van der Waals surface area contributed by atoms with Crippen LogP contribution in [-0.2, 0) is 24.8 Å². The highest BCUT2D eigenvalue weighted by Gasteiger charge is 2.30. The Morgan fingerprint density at radius 1 is 1.17 bits per heavy atom. The van der Waals surface area contributed by atoms with Crippen molar-refractivity contribution in [3.8, 4) is 0 Å². The molecule has 1 saturated carbocycles. The van der Waals surface area contributed by atoms with Gasteiger partial charge in [0.05, 0.1) is 5.25 Å². The summed E-state index contributed by atoms with van der Waals surface area (Å²) in [6.07, 6.45) is 3.59. The average molecular weight is 296 g/mol. The minimum absolute atomic E-state index is 0.507. The molecule has 1 aliphatic rings. The van der Waals surface area contributed by atoms with E-state index in [4.69, 9.17) is 0 Å². The first-order chi connectivity index (χ1) is 8.27. The van der Waals surface area contributed by atoms with Crippen molar-refractivity contribution in [2.24, 2.45) is 10.3 Å². The molecule has 0 atom stereocenters. The zero-order chi connectivity index (χ0) is 13.8. The van der Waals surface area contributed by atoms with E-state index in [1.165, 1.54) is 0 Å². The summed E-state index contributed by atoms with van der Waals surface area (Å²) in [5.41, 5.74) is 0. The summed E-state index contributed by atoms with van der Waals surface area (Å²) in [6.45, 7) is 2.06. The summed E-state index contributed by atoms with van der Waals surface area (Å²) < 4.78 is 50.0. The highest BCUT2D eigenvalue weighted by molar-refractivity contribution is 7.93. The fourth-order valence-corrected chi connectivity index (χ4v) is 4.59. The molecule has 7 nitrogen and oxygen atoms in total. The molecule has 0 amide bonds. The molecule has 1 aliphatic carbocycles. The zero-order valence-corrected chi connectivity index (χ0v) is 11.6. The second-order valence-corrected chi connectivity index (χ2v) is 8.19. The smallest absolute Gasteiger partial charge is 0.227 e. The van der Waals surface area contributed by atoms with Gasteiger partial charge in [-0.25, -0.2) is 13.2 Å². The third-order valence-corrected chi connectivity index (χ3v) is 6.11. The number of hydrogen-bond donors (Lipinski definition) is 1. The largest absolute Gasteiger partial charge is 0.331 e. The van der Waals surface area contributed by atoms with E-state index in [1.54, 1.807) is 4.72 Å². The second-order valence-electron chi connectivity index (χ2n) is 4.49. The maximum absolute atomic E-state index is 11.9. The maximum atomic E-state index is 11.9. The van der Waals surface area contributed by atoms with Gasteiger partial charge in [-0.1, -0.05) is 11.3 Å². The Labute approximate surface area is 107 Å². The van der Waals surface area contributed by atoms with E-state index in [-0.39, 0.29) is 0 Å². The predicted molar refractivity (Wildman–Crippen MR) is 65.4 cm³/mol. The van der Waals surface area contributed by atoms with Gasteiger partial charge in [-0.15, -0.1) is 0 Å². The van der Waals surface area contributed by atoms with Gasteiger partial charge in [0, 0.05) is 0 Å². The molecule has 9 heteroatoms. The average Bonchev–Trinajstić information content (AvgIpc) is 2.27. The molecule has 0 aromatic rings. The maximum Gasteiger partial charge on any atom is 0.331 e. The molecule has 104 valence electrons. The summed E-state index contributed by atoms with van der Waals surface area (Å²) in [7, 11) is -7.78. The molecule has 0 aromatic heterocycles. The van der Waals surface area contributed by atoms with Crippen LogP contribution in [0.2, 0.25) is 0 Å². The van der Waals surface area contributed by atoms with Gasteiger partial charge >= 0.3 is 10.2 Å². The number of sulfone groups is 1. The molecule has 1 rings (SSSR count). The number of nitrogens with zero attached hydrogens (tertiary/aromatic N) is 1. The van der Waals surface area contributed by atoms with Crippen molar-refractivity contribution in [3.63, 3.8) is 0 Å². The molecule has 0 spiro atoms. The normalized spacial score (nSPS) is 25.4. The third-order valence-electron chi connectivity index (χ3n) is 3.07. The molecule has 0 aliphatic heterocycles. The molecule has 18 heavy (non-hydrogen) atoms. The van der Waals surface area contributed by atoms with E-state index in [0.717, 1.165) is 18.9 Å². The molecular weight excluding hydrogens is 280 g/mol. The lowest BCUT2D eigenvalue weighted by atomic mass is 9.91. The van der Waals surface area contributed by atoms with Gasteiger partial charge in [0.1, 0.15) is 5.88 Å². The van der Waals surface area contributed by atoms with Crippen molar-refractivity contribution < 1.29 is 21.6 Å². The first-order valence-corrected chi connectivity index (χ1v) is 8.72. The molecule has 0 radical (unpaired) electrons. The molecule has 0 unspecified atom stereocenters. The van der Waals surface area contributed by atoms with Crippen LogP contribution in [0.3, 0.4) is 0 Å². The zero-order valence-electron chi connectivity index (χ0n) is 10.00. The lowest BCUT2D eigenvalue weighted by molar-refractivity contribution is 0.382. The summed E-state index contributed by atoms with van der Waals surface area (Å²) in [5, 5.41) is -0.517. The van der Waals surface area contributed by atoms with Crippen LogP contribution in [0.1, 0.15) is 32.6 Å². The van der Waals surface area contributed by atoms with Gasteiger partial charge in [-0.2, -0.15) is 13.1 Å². The summed E-state index contributed by atoms with van der Waals surface area (Å²) in [5.74, 6) is -0.215. The van der Waals surface area contributed by atoms with Crippen LogP contribution >= 0.6 is 0 Å². The van der Waals surface area contributed by atoms with Crippen molar-refractivity contribution in [3.05, 3.63) is 0 Å². The van der Waals surface area contributed by atoms with Crippen LogP contribution in [-0.4, -0.2) is 34.0 Å². The monoisotopic (exact) mass is 296 g/mol. The van der Waals surface area contributed by atoms with E-state index in [1.807, 2.05) is 0 Å². The van der Waals surface area contributed by atoms with Gasteiger partial charge in [-0.05, 0) is 31.6 Å². The lowest BCUT2D eigenvalue weighted by Gasteiger charge is -2.25. The van der Waals surface area contributed by atoms with Gasteiger partial charge in [0.15, 0.2) is 9.84 Å². The number of hydrogen-bond acceptors (Lipinski definition) is 5. The molecular formula is C9H16N2O5S2. The van der Waals surface area contributed by atoms with E-state index in [9.17, 15) is 21.6 Å². The van der Waals surface area contributed by atoms with Crippen LogP contribution in [0, 0.1) is 5.92 Å². The van der Waals surface area contributed by atoms with E-state index >= 15 is 0 Å². The Kier molecular flexibility index (Phi) is 5.03. The molecule has 0 heterocycles. The Hall–Kier alpha value is -0.760. The van der Waals surface area contributed by atoms with Crippen LogP contribution in [0.25, 0.3) is 0 Å². The SMILES string of the molecule is CC1CCC(S(=O)(=O)CNS(=O)(=O)N=C=O)CC1. The molecule has 0 saturated heterocycles. The number of carbonyl (C=O) groups excluding carboxylic acids is 1. The van der Waals surface area contributed by atoms with Crippen LogP contribution in [0.15, 0.2) is 4.40 Å². The van der Waals surface area contributed by atoms with Crippen LogP contribution in [0.5, 0.6) is 0 Å². The minimum Gasteiger partial charge on any atom is -0.227 e. The van der Waals surface area contributed by atoms with Crippen molar-refractivity contribution >= 4 is 26.1 Å². The highest BCUT2D eigenvalue weighted by Crippen LogP contribution is 2.28. The Balaban J connectivity index is 2.63. The van der Waals surface area contributed by atoms with E-state index < -0.39 is 31.2 Å². The molecule has 1 fully saturated rings. The minimum atomic E-state index is -4.24. The first kappa shape index (κ1) is 15.3. The fraction of sp³-hybridized carbons (Fsp3) is 0.889. The van der Waals surface area contributed by atoms with Gasteiger partial charge in [-0.3, -0.25) is 0 Å². The summed E-state index contributed by atoms with van der Waals surface area (Å²) in [6, 6.07) is 0. The molecule has 1 N–H and O–H groups in total. The van der Waals surface area contributed by atoms with E-state index in [0.29, 0.717) is 18.8 Å². The molecule has 0 bridgehead atoms. The number of isocyanates is 1. The van der Waals surface area contributed by atoms with Crippen molar-refractivity contribution in [2.45, 2.75) is 37.9 Å². The first-order valence-electron chi connectivity index (χ1n) is 5.57. The van der Waals surface area contributed by atoms with Gasteiger partial charge in [0.2, 0.25) is 0 Å². The third kappa shape index (κ3) is 4.49. The number of nitrogens with one attached hydrogen (secondary N) is 1. The standard InChI is InChI=1S/C9H16N2O5S2/c1-8-2-4-9(5-3-8)17(13,14)7-11-18(15,16)10-6-12/h8-9,11H,2-5,7H2,1H3. The topological polar surface area (TPSA) is 110 Å². The molecule has 0 aromatic carbocycles. The highest BCUT2D eigenvalue weighted by atomic mass is 32.2. The van der Waals surface area contributed by atoms with Crippen LogP contribution in [0.4, 0.5) is 0 Å². The summed E-state index contributed by atoms with van der Waals surface area (Å²) in [4.78, 5) is 9.82. The van der Waals surface area contributed by atoms with Crippen molar-refractivity contribution in [1.29, 1.82) is 0 Å². The second kappa shape index (κ2) is 5.92. The Morgan fingerprint density at radius 3 is 2.22 bits per heavy atom.